The SMILES string of the molecule is CCc1nc(NS(=O)(=O)c2c(C)csc2CN)sc1C. The molecule has 0 aliphatic rings. The summed E-state index contributed by atoms with van der Waals surface area (Å²) in [7, 11) is -3.63. The number of anilines is 1. The van der Waals surface area contributed by atoms with Crippen molar-refractivity contribution in [3.8, 4) is 0 Å². The lowest BCUT2D eigenvalue weighted by molar-refractivity contribution is 0.600. The van der Waals surface area contributed by atoms with E-state index in [1.165, 1.54) is 22.7 Å². The Morgan fingerprint density at radius 2 is 2.10 bits per heavy atom. The first-order valence-corrected chi connectivity index (χ1v) is 9.33. The Morgan fingerprint density at radius 3 is 2.65 bits per heavy atom. The van der Waals surface area contributed by atoms with Crippen molar-refractivity contribution in [2.45, 2.75) is 38.6 Å². The number of sulfonamides is 1. The van der Waals surface area contributed by atoms with Gasteiger partial charge >= 0.3 is 0 Å². The predicted molar refractivity (Wildman–Crippen MR) is 84.0 cm³/mol. The Labute approximate surface area is 126 Å². The average molecular weight is 331 g/mol. The molecule has 8 heteroatoms. The lowest BCUT2D eigenvalue weighted by Gasteiger charge is -2.06. The molecule has 3 N–H and O–H groups in total. The summed E-state index contributed by atoms with van der Waals surface area (Å²) in [5.74, 6) is 0. The van der Waals surface area contributed by atoms with Gasteiger partial charge < -0.3 is 5.73 Å². The van der Waals surface area contributed by atoms with Crippen LogP contribution in [0.4, 0.5) is 5.13 Å². The molecule has 0 amide bonds. The second-order valence-electron chi connectivity index (χ2n) is 4.36. The van der Waals surface area contributed by atoms with Gasteiger partial charge in [-0.3, -0.25) is 4.72 Å². The first-order chi connectivity index (χ1) is 9.39. The zero-order valence-corrected chi connectivity index (χ0v) is 14.0. The van der Waals surface area contributed by atoms with Gasteiger partial charge in [0.25, 0.3) is 10.0 Å². The number of rotatable bonds is 5. The van der Waals surface area contributed by atoms with E-state index in [-0.39, 0.29) is 11.4 Å². The fraction of sp³-hybridized carbons (Fsp3) is 0.417. The maximum Gasteiger partial charge on any atom is 0.265 e. The fourth-order valence-corrected chi connectivity index (χ4v) is 5.80. The third-order valence-electron chi connectivity index (χ3n) is 2.89. The molecule has 2 rings (SSSR count). The van der Waals surface area contributed by atoms with Crippen LogP contribution in [0.3, 0.4) is 0 Å². The number of thiazole rings is 1. The molecule has 0 radical (unpaired) electrons. The van der Waals surface area contributed by atoms with Crippen molar-refractivity contribution in [3.63, 3.8) is 0 Å². The van der Waals surface area contributed by atoms with Crippen molar-refractivity contribution in [2.24, 2.45) is 5.73 Å². The summed E-state index contributed by atoms with van der Waals surface area (Å²) in [6.45, 7) is 5.92. The number of aryl methyl sites for hydroxylation is 3. The van der Waals surface area contributed by atoms with Crippen LogP contribution in [0, 0.1) is 13.8 Å². The summed E-state index contributed by atoms with van der Waals surface area (Å²) in [6, 6.07) is 0. The molecular weight excluding hydrogens is 314 g/mol. The molecule has 0 saturated heterocycles. The van der Waals surface area contributed by atoms with E-state index < -0.39 is 10.0 Å². The number of nitrogens with zero attached hydrogens (tertiary/aromatic N) is 1. The number of nitrogens with one attached hydrogen (secondary N) is 1. The van der Waals surface area contributed by atoms with Crippen molar-refractivity contribution in [3.05, 3.63) is 26.4 Å². The molecule has 2 aromatic rings. The number of hydrogen-bond acceptors (Lipinski definition) is 6. The standard InChI is InChI=1S/C12H17N3O2S3/c1-4-9-8(3)19-12(14-9)15-20(16,17)11-7(2)6-18-10(11)5-13/h6H,4-5,13H2,1-3H3,(H,14,15). The Bertz CT molecular complexity index is 716. The second kappa shape index (κ2) is 5.80. The normalized spacial score (nSPS) is 11.8. The highest BCUT2D eigenvalue weighted by molar-refractivity contribution is 7.93. The number of thiophene rings is 1. The van der Waals surface area contributed by atoms with Crippen LogP contribution in [-0.2, 0) is 23.0 Å². The fourth-order valence-electron chi connectivity index (χ4n) is 1.95. The smallest absolute Gasteiger partial charge is 0.265 e. The maximum absolute atomic E-state index is 12.5. The molecule has 0 aliphatic carbocycles. The summed E-state index contributed by atoms with van der Waals surface area (Å²) >= 11 is 2.72. The van der Waals surface area contributed by atoms with Crippen molar-refractivity contribution < 1.29 is 8.42 Å². The summed E-state index contributed by atoms with van der Waals surface area (Å²) < 4.78 is 27.5. The highest BCUT2D eigenvalue weighted by Gasteiger charge is 2.24. The maximum atomic E-state index is 12.5. The monoisotopic (exact) mass is 331 g/mol. The average Bonchev–Trinajstić information content (AvgIpc) is 2.91. The molecule has 2 aromatic heterocycles. The number of nitrogens with two attached hydrogens (primary N) is 1. The largest absolute Gasteiger partial charge is 0.326 e. The van der Waals surface area contributed by atoms with Gasteiger partial charge in [-0.15, -0.1) is 22.7 Å². The van der Waals surface area contributed by atoms with E-state index in [1.807, 2.05) is 13.8 Å². The summed E-state index contributed by atoms with van der Waals surface area (Å²) in [5, 5.41) is 2.22. The van der Waals surface area contributed by atoms with Gasteiger partial charge in [0.1, 0.15) is 4.90 Å². The highest BCUT2D eigenvalue weighted by Crippen LogP contribution is 2.30. The molecule has 0 spiro atoms. The predicted octanol–water partition coefficient (Wildman–Crippen LogP) is 2.64. The van der Waals surface area contributed by atoms with Gasteiger partial charge in [0.2, 0.25) is 0 Å². The third-order valence-corrected chi connectivity index (χ3v) is 6.77. The third kappa shape index (κ3) is 2.88. The molecule has 0 unspecified atom stereocenters. The minimum absolute atomic E-state index is 0.214. The van der Waals surface area contributed by atoms with Crippen LogP contribution >= 0.6 is 22.7 Å². The van der Waals surface area contributed by atoms with E-state index in [4.69, 9.17) is 5.73 Å². The Morgan fingerprint density at radius 1 is 1.40 bits per heavy atom. The van der Waals surface area contributed by atoms with Crippen molar-refractivity contribution in [1.82, 2.24) is 4.98 Å². The molecule has 0 atom stereocenters. The van der Waals surface area contributed by atoms with Gasteiger partial charge in [-0.1, -0.05) is 6.92 Å². The molecule has 0 aromatic carbocycles. The van der Waals surface area contributed by atoms with Crippen LogP contribution in [0.25, 0.3) is 0 Å². The summed E-state index contributed by atoms with van der Waals surface area (Å²) in [4.78, 5) is 6.30. The molecule has 2 heterocycles. The lowest BCUT2D eigenvalue weighted by Crippen LogP contribution is -2.15. The van der Waals surface area contributed by atoms with E-state index in [1.54, 1.807) is 12.3 Å². The van der Waals surface area contributed by atoms with Crippen molar-refractivity contribution in [2.75, 3.05) is 4.72 Å². The summed E-state index contributed by atoms with van der Waals surface area (Å²) in [6.07, 6.45) is 0.787. The highest BCUT2D eigenvalue weighted by atomic mass is 32.2. The molecule has 0 saturated carbocycles. The van der Waals surface area contributed by atoms with E-state index in [0.717, 1.165) is 17.0 Å². The Hall–Kier alpha value is -0.960. The van der Waals surface area contributed by atoms with Crippen LogP contribution in [0.1, 0.15) is 27.9 Å². The van der Waals surface area contributed by atoms with Gasteiger partial charge in [0, 0.05) is 16.3 Å². The first-order valence-electron chi connectivity index (χ1n) is 6.15. The number of aromatic nitrogens is 1. The van der Waals surface area contributed by atoms with Crippen LogP contribution in [0.5, 0.6) is 0 Å². The Kier molecular flexibility index (Phi) is 4.48. The first kappa shape index (κ1) is 15.4. The van der Waals surface area contributed by atoms with E-state index in [2.05, 4.69) is 9.71 Å². The van der Waals surface area contributed by atoms with E-state index in [9.17, 15) is 8.42 Å². The summed E-state index contributed by atoms with van der Waals surface area (Å²) in [5.41, 5.74) is 7.25. The van der Waals surface area contributed by atoms with Crippen LogP contribution < -0.4 is 10.5 Å². The van der Waals surface area contributed by atoms with Gasteiger partial charge in [-0.2, -0.15) is 0 Å². The minimum Gasteiger partial charge on any atom is -0.326 e. The quantitative estimate of drug-likeness (QED) is 0.882. The van der Waals surface area contributed by atoms with Gasteiger partial charge in [0.15, 0.2) is 5.13 Å². The second-order valence-corrected chi connectivity index (χ2v) is 8.14. The van der Waals surface area contributed by atoms with Crippen molar-refractivity contribution >= 4 is 37.8 Å². The van der Waals surface area contributed by atoms with Gasteiger partial charge in [-0.25, -0.2) is 13.4 Å². The van der Waals surface area contributed by atoms with E-state index >= 15 is 0 Å². The van der Waals surface area contributed by atoms with Gasteiger partial charge in [-0.05, 0) is 31.2 Å². The molecule has 0 fully saturated rings. The zero-order valence-electron chi connectivity index (χ0n) is 11.6. The van der Waals surface area contributed by atoms with Crippen LogP contribution in [0.2, 0.25) is 0 Å². The molecule has 20 heavy (non-hydrogen) atoms. The van der Waals surface area contributed by atoms with Crippen molar-refractivity contribution in [1.29, 1.82) is 0 Å². The molecule has 0 aliphatic heterocycles. The topological polar surface area (TPSA) is 85.1 Å². The lowest BCUT2D eigenvalue weighted by atomic mass is 10.3. The zero-order chi connectivity index (χ0) is 14.9. The molecule has 110 valence electrons. The molecular formula is C12H17N3O2S3. The van der Waals surface area contributed by atoms with Gasteiger partial charge in [0.05, 0.1) is 5.69 Å². The minimum atomic E-state index is -3.63. The van der Waals surface area contributed by atoms with Crippen LogP contribution in [0.15, 0.2) is 10.3 Å². The molecule has 0 bridgehead atoms. The Balaban J connectivity index is 2.38. The number of hydrogen-bond donors (Lipinski definition) is 2. The van der Waals surface area contributed by atoms with Crippen LogP contribution in [-0.4, -0.2) is 13.4 Å². The van der Waals surface area contributed by atoms with E-state index in [0.29, 0.717) is 15.6 Å². The molecule has 5 nitrogen and oxygen atoms in total.